The van der Waals surface area contributed by atoms with Crippen molar-refractivity contribution >= 4 is 23.9 Å². The number of aliphatic hydroxyl groups excluding tert-OH is 1. The molecule has 0 saturated heterocycles. The highest BCUT2D eigenvalue weighted by atomic mass is 16.6. The van der Waals surface area contributed by atoms with Crippen molar-refractivity contribution in [2.75, 3.05) is 6.61 Å². The SMILES string of the molecule is CC(C)[C@@H](OC(=O)c1ccccc1)C(OC(=O)c1ccccc1)[C@H](OC(=O)c1ccccc1)C(O)COC(=O)c1ccccc1. The van der Waals surface area contributed by atoms with Gasteiger partial charge in [0.2, 0.25) is 0 Å². The number of carbonyl (C=O) groups excluding carboxylic acids is 4. The van der Waals surface area contributed by atoms with Gasteiger partial charge in [0, 0.05) is 0 Å². The fourth-order valence-electron chi connectivity index (χ4n) is 4.48. The summed E-state index contributed by atoms with van der Waals surface area (Å²) in [6.45, 7) is 2.83. The lowest BCUT2D eigenvalue weighted by Crippen LogP contribution is -2.53. The molecule has 9 nitrogen and oxygen atoms in total. The summed E-state index contributed by atoms with van der Waals surface area (Å²) in [5.41, 5.74) is 0.821. The highest BCUT2D eigenvalue weighted by molar-refractivity contribution is 5.91. The van der Waals surface area contributed by atoms with Crippen LogP contribution in [0.3, 0.4) is 0 Å². The average molecular weight is 611 g/mol. The summed E-state index contributed by atoms with van der Waals surface area (Å²) in [6.07, 6.45) is -6.07. The first-order valence-corrected chi connectivity index (χ1v) is 14.4. The summed E-state index contributed by atoms with van der Waals surface area (Å²) in [4.78, 5) is 52.7. The summed E-state index contributed by atoms with van der Waals surface area (Å²) in [5.74, 6) is -3.59. The third kappa shape index (κ3) is 9.11. The predicted octanol–water partition coefficient (Wildman–Crippen LogP) is 5.54. The van der Waals surface area contributed by atoms with E-state index in [1.807, 2.05) is 0 Å². The van der Waals surface area contributed by atoms with Crippen molar-refractivity contribution in [2.45, 2.75) is 38.3 Å². The van der Waals surface area contributed by atoms with Crippen LogP contribution in [0, 0.1) is 5.92 Å². The third-order valence-electron chi connectivity index (χ3n) is 6.84. The Kier molecular flexibility index (Phi) is 11.6. The first-order valence-electron chi connectivity index (χ1n) is 14.4. The molecule has 0 aliphatic rings. The summed E-state index contributed by atoms with van der Waals surface area (Å²) < 4.78 is 23.0. The van der Waals surface area contributed by atoms with Crippen LogP contribution >= 0.6 is 0 Å². The Balaban J connectivity index is 1.71. The van der Waals surface area contributed by atoms with Gasteiger partial charge in [-0.25, -0.2) is 19.2 Å². The van der Waals surface area contributed by atoms with Crippen molar-refractivity contribution in [1.82, 2.24) is 0 Å². The minimum absolute atomic E-state index is 0.159. The van der Waals surface area contributed by atoms with E-state index in [0.29, 0.717) is 0 Å². The maximum atomic E-state index is 13.4. The molecule has 4 aromatic rings. The van der Waals surface area contributed by atoms with E-state index in [4.69, 9.17) is 18.9 Å². The minimum Gasteiger partial charge on any atom is -0.459 e. The normalized spacial score (nSPS) is 13.5. The molecular formula is C36H34O9. The van der Waals surface area contributed by atoms with Crippen LogP contribution in [0.5, 0.6) is 0 Å². The highest BCUT2D eigenvalue weighted by Crippen LogP contribution is 2.26. The van der Waals surface area contributed by atoms with Gasteiger partial charge in [-0.3, -0.25) is 0 Å². The Morgan fingerprint density at radius 1 is 0.489 bits per heavy atom. The number of benzene rings is 4. The second-order valence-corrected chi connectivity index (χ2v) is 10.5. The van der Waals surface area contributed by atoms with Gasteiger partial charge in [-0.2, -0.15) is 0 Å². The summed E-state index contributed by atoms with van der Waals surface area (Å²) in [7, 11) is 0. The van der Waals surface area contributed by atoms with Crippen LogP contribution < -0.4 is 0 Å². The van der Waals surface area contributed by atoms with Crippen molar-refractivity contribution in [3.05, 3.63) is 144 Å². The van der Waals surface area contributed by atoms with Crippen molar-refractivity contribution < 1.29 is 43.2 Å². The molecular weight excluding hydrogens is 576 g/mol. The van der Waals surface area contributed by atoms with Crippen molar-refractivity contribution in [2.24, 2.45) is 5.92 Å². The molecule has 0 fully saturated rings. The lowest BCUT2D eigenvalue weighted by molar-refractivity contribution is -0.136. The van der Waals surface area contributed by atoms with Gasteiger partial charge >= 0.3 is 23.9 Å². The summed E-state index contributed by atoms with van der Waals surface area (Å²) in [5, 5.41) is 11.5. The standard InChI is InChI=1S/C36H34O9/c1-24(2)30(43-34(39)26-17-9-4-10-18-26)32(45-36(41)28-21-13-6-14-22-28)31(44-35(40)27-19-11-5-12-20-27)29(37)23-42-33(38)25-15-7-3-8-16-25/h3-22,24,29-32,37H,23H2,1-2H3/t29?,30-,31-,32?/m1/s1. The number of hydrogen-bond donors (Lipinski definition) is 1. The van der Waals surface area contributed by atoms with Gasteiger partial charge in [0.05, 0.1) is 22.3 Å². The molecule has 0 saturated carbocycles. The molecule has 0 aromatic heterocycles. The van der Waals surface area contributed by atoms with E-state index in [1.54, 1.807) is 111 Å². The van der Waals surface area contributed by atoms with Crippen LogP contribution in [-0.2, 0) is 18.9 Å². The van der Waals surface area contributed by atoms with Crippen LogP contribution in [0.4, 0.5) is 0 Å². The molecule has 0 spiro atoms. The van der Waals surface area contributed by atoms with Crippen LogP contribution in [0.25, 0.3) is 0 Å². The van der Waals surface area contributed by atoms with E-state index in [-0.39, 0.29) is 22.3 Å². The molecule has 4 rings (SSSR count). The summed E-state index contributed by atoms with van der Waals surface area (Å²) >= 11 is 0. The van der Waals surface area contributed by atoms with Crippen LogP contribution in [0.15, 0.2) is 121 Å². The van der Waals surface area contributed by atoms with Gasteiger partial charge in [-0.15, -0.1) is 0 Å². The van der Waals surface area contributed by atoms with E-state index in [0.717, 1.165) is 0 Å². The van der Waals surface area contributed by atoms with Gasteiger partial charge in [0.15, 0.2) is 12.2 Å². The molecule has 9 heteroatoms. The lowest BCUT2D eigenvalue weighted by atomic mass is 9.94. The molecule has 0 amide bonds. The molecule has 0 bridgehead atoms. The zero-order valence-electron chi connectivity index (χ0n) is 24.9. The number of hydrogen-bond acceptors (Lipinski definition) is 9. The fraction of sp³-hybridized carbons (Fsp3) is 0.222. The van der Waals surface area contributed by atoms with Gasteiger partial charge < -0.3 is 24.1 Å². The maximum Gasteiger partial charge on any atom is 0.338 e. The topological polar surface area (TPSA) is 125 Å². The van der Waals surface area contributed by atoms with Crippen LogP contribution in [0.2, 0.25) is 0 Å². The first kappa shape index (κ1) is 32.6. The third-order valence-corrected chi connectivity index (χ3v) is 6.84. The van der Waals surface area contributed by atoms with E-state index in [9.17, 15) is 24.3 Å². The largest absolute Gasteiger partial charge is 0.459 e. The number of ether oxygens (including phenoxy) is 4. The minimum atomic E-state index is -1.70. The van der Waals surface area contributed by atoms with Crippen molar-refractivity contribution in [3.8, 4) is 0 Å². The van der Waals surface area contributed by atoms with Crippen molar-refractivity contribution in [3.63, 3.8) is 0 Å². The van der Waals surface area contributed by atoms with E-state index in [1.165, 1.54) is 24.3 Å². The molecule has 2 unspecified atom stereocenters. The van der Waals surface area contributed by atoms with Gasteiger partial charge in [0.25, 0.3) is 0 Å². The van der Waals surface area contributed by atoms with Gasteiger partial charge in [-0.1, -0.05) is 86.6 Å². The fourth-order valence-corrected chi connectivity index (χ4v) is 4.48. The van der Waals surface area contributed by atoms with Crippen LogP contribution in [-0.4, -0.2) is 60.0 Å². The second-order valence-electron chi connectivity index (χ2n) is 10.5. The van der Waals surface area contributed by atoms with Crippen LogP contribution in [0.1, 0.15) is 55.3 Å². The monoisotopic (exact) mass is 610 g/mol. The van der Waals surface area contributed by atoms with E-state index >= 15 is 0 Å². The molecule has 0 aliphatic heterocycles. The molecule has 4 aromatic carbocycles. The number of aliphatic hydroxyl groups is 1. The molecule has 232 valence electrons. The van der Waals surface area contributed by atoms with E-state index in [2.05, 4.69) is 0 Å². The van der Waals surface area contributed by atoms with Crippen molar-refractivity contribution in [1.29, 1.82) is 0 Å². The smallest absolute Gasteiger partial charge is 0.338 e. The molecule has 0 aliphatic carbocycles. The van der Waals surface area contributed by atoms with Gasteiger partial charge in [-0.05, 0) is 54.4 Å². The Morgan fingerprint density at radius 3 is 1.16 bits per heavy atom. The zero-order chi connectivity index (χ0) is 32.2. The number of esters is 4. The number of carbonyl (C=O) groups is 4. The lowest BCUT2D eigenvalue weighted by Gasteiger charge is -2.36. The number of rotatable bonds is 13. The second kappa shape index (κ2) is 16.0. The van der Waals surface area contributed by atoms with E-state index < -0.39 is 60.8 Å². The Morgan fingerprint density at radius 2 is 0.800 bits per heavy atom. The summed E-state index contributed by atoms with van der Waals surface area (Å²) in [6, 6.07) is 32.4. The Labute approximate surface area is 261 Å². The molecule has 4 atom stereocenters. The zero-order valence-corrected chi connectivity index (χ0v) is 24.9. The maximum absolute atomic E-state index is 13.4. The Hall–Kier alpha value is -5.28. The molecule has 0 heterocycles. The average Bonchev–Trinajstić information content (AvgIpc) is 3.08. The molecule has 1 N–H and O–H groups in total. The van der Waals surface area contributed by atoms with Gasteiger partial charge in [0.1, 0.15) is 18.8 Å². The quantitative estimate of drug-likeness (QED) is 0.153. The first-order chi connectivity index (χ1) is 21.7. The molecule has 0 radical (unpaired) electrons. The molecule has 45 heavy (non-hydrogen) atoms. The Bertz CT molecular complexity index is 1540. The highest BCUT2D eigenvalue weighted by Gasteiger charge is 2.44. The predicted molar refractivity (Wildman–Crippen MR) is 165 cm³/mol.